The number of amides is 1. The van der Waals surface area contributed by atoms with Crippen LogP contribution < -0.4 is 11.1 Å². The summed E-state index contributed by atoms with van der Waals surface area (Å²) in [5.41, 5.74) is 7.47. The minimum absolute atomic E-state index is 0.129. The van der Waals surface area contributed by atoms with Gasteiger partial charge in [0.25, 0.3) is 5.91 Å². The van der Waals surface area contributed by atoms with Gasteiger partial charge in [0, 0.05) is 11.6 Å². The Hall–Kier alpha value is -2.58. The van der Waals surface area contributed by atoms with Crippen LogP contribution in [0.2, 0.25) is 0 Å². The molecule has 0 bridgehead atoms. The number of carbonyl (C=O) groups is 1. The topological polar surface area (TPSA) is 81.2 Å². The first kappa shape index (κ1) is 13.8. The summed E-state index contributed by atoms with van der Waals surface area (Å²) >= 11 is 0. The van der Waals surface area contributed by atoms with Gasteiger partial charge in [-0.2, -0.15) is 0 Å². The van der Waals surface area contributed by atoms with Gasteiger partial charge in [-0.25, -0.2) is 0 Å². The lowest BCUT2D eigenvalue weighted by atomic mass is 10.1. The van der Waals surface area contributed by atoms with Crippen molar-refractivity contribution >= 4 is 5.91 Å². The van der Waals surface area contributed by atoms with E-state index in [1.54, 1.807) is 0 Å². The Morgan fingerprint density at radius 2 is 2.15 bits per heavy atom. The Labute approximate surface area is 117 Å². The maximum atomic E-state index is 11.8. The molecule has 0 aliphatic rings. The molecule has 102 valence electrons. The van der Waals surface area contributed by atoms with Gasteiger partial charge in [-0.05, 0) is 24.6 Å². The predicted octanol–water partition coefficient (Wildman–Crippen LogP) is 1.48. The zero-order chi connectivity index (χ0) is 14.4. The number of nitrogens with two attached hydrogens (primary N) is 1. The van der Waals surface area contributed by atoms with E-state index in [4.69, 9.17) is 5.73 Å². The van der Waals surface area contributed by atoms with Crippen molar-refractivity contribution in [3.05, 3.63) is 53.4 Å². The molecule has 5 heteroatoms. The summed E-state index contributed by atoms with van der Waals surface area (Å²) in [5.74, 6) is 5.48. The lowest BCUT2D eigenvalue weighted by Gasteiger charge is -2.13. The van der Waals surface area contributed by atoms with Crippen LogP contribution in [0, 0.1) is 11.8 Å². The van der Waals surface area contributed by atoms with Gasteiger partial charge in [0.05, 0.1) is 12.6 Å². The fourth-order valence-electron chi connectivity index (χ4n) is 1.69. The number of rotatable bonds is 3. The van der Waals surface area contributed by atoms with Gasteiger partial charge in [0.1, 0.15) is 6.26 Å². The highest BCUT2D eigenvalue weighted by Crippen LogP contribution is 2.13. The molecule has 2 rings (SSSR count). The summed E-state index contributed by atoms with van der Waals surface area (Å²) in [6.07, 6.45) is 1.37. The highest BCUT2D eigenvalue weighted by atomic mass is 16.5. The molecular formula is C15H15N3O2. The molecule has 1 aromatic heterocycles. The monoisotopic (exact) mass is 269 g/mol. The van der Waals surface area contributed by atoms with Crippen molar-refractivity contribution in [2.75, 3.05) is 6.54 Å². The molecule has 3 N–H and O–H groups in total. The fraction of sp³-hybridized carbons (Fsp3) is 0.200. The van der Waals surface area contributed by atoms with Crippen molar-refractivity contribution in [1.82, 2.24) is 10.5 Å². The molecule has 20 heavy (non-hydrogen) atoms. The van der Waals surface area contributed by atoms with Gasteiger partial charge in [0.2, 0.25) is 0 Å². The van der Waals surface area contributed by atoms with Crippen LogP contribution in [0.5, 0.6) is 0 Å². The van der Waals surface area contributed by atoms with E-state index in [1.165, 1.54) is 12.3 Å². The number of hydrogen-bond acceptors (Lipinski definition) is 4. The molecule has 0 spiro atoms. The molecule has 0 saturated carbocycles. The van der Waals surface area contributed by atoms with Crippen LogP contribution >= 0.6 is 0 Å². The summed E-state index contributed by atoms with van der Waals surface area (Å²) in [6, 6.07) is 9.04. The third-order valence-corrected chi connectivity index (χ3v) is 2.76. The maximum Gasteiger partial charge on any atom is 0.273 e. The van der Waals surface area contributed by atoms with E-state index in [-0.39, 0.29) is 17.6 Å². The SMILES string of the molecule is CC(NC(=O)c1ccon1)c1ccc(C#CCN)cc1. The second-order valence-electron chi connectivity index (χ2n) is 4.21. The van der Waals surface area contributed by atoms with Gasteiger partial charge in [0.15, 0.2) is 5.69 Å². The Kier molecular flexibility index (Phi) is 4.53. The molecule has 1 aromatic carbocycles. The van der Waals surface area contributed by atoms with Crippen LogP contribution in [0.1, 0.15) is 34.6 Å². The first-order valence-electron chi connectivity index (χ1n) is 6.21. The molecule has 0 aliphatic heterocycles. The summed E-state index contributed by atoms with van der Waals surface area (Å²) in [6.45, 7) is 2.24. The predicted molar refractivity (Wildman–Crippen MR) is 74.8 cm³/mol. The van der Waals surface area contributed by atoms with E-state index in [0.717, 1.165) is 11.1 Å². The van der Waals surface area contributed by atoms with Gasteiger partial charge in [-0.1, -0.05) is 29.1 Å². The summed E-state index contributed by atoms with van der Waals surface area (Å²) < 4.78 is 4.64. The molecule has 0 saturated heterocycles. The van der Waals surface area contributed by atoms with Crippen LogP contribution in [0.15, 0.2) is 41.1 Å². The van der Waals surface area contributed by atoms with E-state index >= 15 is 0 Å². The van der Waals surface area contributed by atoms with Crippen molar-refractivity contribution in [1.29, 1.82) is 0 Å². The van der Waals surface area contributed by atoms with Gasteiger partial charge in [-0.15, -0.1) is 0 Å². The number of carbonyl (C=O) groups excluding carboxylic acids is 1. The highest BCUT2D eigenvalue weighted by Gasteiger charge is 2.13. The van der Waals surface area contributed by atoms with E-state index in [0.29, 0.717) is 6.54 Å². The highest BCUT2D eigenvalue weighted by molar-refractivity contribution is 5.92. The van der Waals surface area contributed by atoms with E-state index < -0.39 is 0 Å². The van der Waals surface area contributed by atoms with Crippen LogP contribution in [0.3, 0.4) is 0 Å². The molecule has 1 amide bonds. The lowest BCUT2D eigenvalue weighted by molar-refractivity contribution is 0.0930. The third-order valence-electron chi connectivity index (χ3n) is 2.76. The van der Waals surface area contributed by atoms with E-state index in [1.807, 2.05) is 31.2 Å². The lowest BCUT2D eigenvalue weighted by Crippen LogP contribution is -2.26. The van der Waals surface area contributed by atoms with Crippen LogP contribution in [0.25, 0.3) is 0 Å². The van der Waals surface area contributed by atoms with Crippen molar-refractivity contribution in [3.8, 4) is 11.8 Å². The third kappa shape index (κ3) is 3.46. The van der Waals surface area contributed by atoms with Crippen LogP contribution in [0.4, 0.5) is 0 Å². The molecule has 1 unspecified atom stereocenters. The second kappa shape index (κ2) is 6.55. The summed E-state index contributed by atoms with van der Waals surface area (Å²) in [5, 5.41) is 6.44. The second-order valence-corrected chi connectivity index (χ2v) is 4.21. The zero-order valence-corrected chi connectivity index (χ0v) is 11.1. The van der Waals surface area contributed by atoms with Gasteiger partial charge >= 0.3 is 0 Å². The van der Waals surface area contributed by atoms with Crippen molar-refractivity contribution < 1.29 is 9.32 Å². The summed E-state index contributed by atoms with van der Waals surface area (Å²) in [7, 11) is 0. The smallest absolute Gasteiger partial charge is 0.273 e. The molecule has 0 aliphatic carbocycles. The quantitative estimate of drug-likeness (QED) is 0.827. The number of aromatic nitrogens is 1. The van der Waals surface area contributed by atoms with E-state index in [9.17, 15) is 4.79 Å². The fourth-order valence-corrected chi connectivity index (χ4v) is 1.69. The normalized spacial score (nSPS) is 11.3. The molecule has 1 heterocycles. The van der Waals surface area contributed by atoms with Crippen molar-refractivity contribution in [2.24, 2.45) is 5.73 Å². The average molecular weight is 269 g/mol. The Morgan fingerprint density at radius 3 is 2.75 bits per heavy atom. The average Bonchev–Trinajstić information content (AvgIpc) is 3.00. The molecule has 5 nitrogen and oxygen atoms in total. The molecule has 0 radical (unpaired) electrons. The largest absolute Gasteiger partial charge is 0.364 e. The number of nitrogens with one attached hydrogen (secondary N) is 1. The Bertz CT molecular complexity index is 621. The maximum absolute atomic E-state index is 11.8. The molecular weight excluding hydrogens is 254 g/mol. The Morgan fingerprint density at radius 1 is 1.40 bits per heavy atom. The first-order chi connectivity index (χ1) is 9.70. The minimum Gasteiger partial charge on any atom is -0.364 e. The van der Waals surface area contributed by atoms with Crippen molar-refractivity contribution in [2.45, 2.75) is 13.0 Å². The van der Waals surface area contributed by atoms with Gasteiger partial charge in [-0.3, -0.25) is 4.79 Å². The summed E-state index contributed by atoms with van der Waals surface area (Å²) in [4.78, 5) is 11.8. The van der Waals surface area contributed by atoms with Crippen LogP contribution in [-0.4, -0.2) is 17.6 Å². The number of benzene rings is 1. The molecule has 1 atom stereocenters. The minimum atomic E-state index is -0.266. The zero-order valence-electron chi connectivity index (χ0n) is 11.1. The number of nitrogens with zero attached hydrogens (tertiary/aromatic N) is 1. The molecule has 2 aromatic rings. The van der Waals surface area contributed by atoms with E-state index in [2.05, 4.69) is 26.8 Å². The molecule has 0 fully saturated rings. The van der Waals surface area contributed by atoms with Crippen molar-refractivity contribution in [3.63, 3.8) is 0 Å². The first-order valence-corrected chi connectivity index (χ1v) is 6.21. The standard InChI is InChI=1S/C15H15N3O2/c1-11(17-15(19)14-8-10-20-18-14)13-6-4-12(5-7-13)3-2-9-16/h4-8,10-11H,9,16H2,1H3,(H,17,19). The van der Waals surface area contributed by atoms with Crippen LogP contribution in [-0.2, 0) is 0 Å². The number of hydrogen-bond donors (Lipinski definition) is 2. The Balaban J connectivity index is 2.02. The van der Waals surface area contributed by atoms with Gasteiger partial charge < -0.3 is 15.6 Å².